The van der Waals surface area contributed by atoms with Crippen LogP contribution in [-0.4, -0.2) is 22.0 Å². The van der Waals surface area contributed by atoms with Gasteiger partial charge in [-0.15, -0.1) is 0 Å². The molecule has 5 heteroatoms. The zero-order chi connectivity index (χ0) is 16.0. The number of rotatable bonds is 2. The minimum atomic E-state index is -1.07. The van der Waals surface area contributed by atoms with E-state index in [2.05, 4.69) is 22.2 Å². The van der Waals surface area contributed by atoms with Crippen molar-refractivity contribution < 1.29 is 4.21 Å². The van der Waals surface area contributed by atoms with E-state index in [0.29, 0.717) is 0 Å². The Bertz CT molecular complexity index is 591. The molecule has 1 aromatic carbocycles. The summed E-state index contributed by atoms with van der Waals surface area (Å²) in [5.74, 6) is 0. The molecule has 1 aliphatic carbocycles. The SMILES string of the molecule is CC(C)(C)S(=O)N[C@@H]1c2ccc(Cl)cc2CC12CCNCC2. The minimum absolute atomic E-state index is 0.155. The summed E-state index contributed by atoms with van der Waals surface area (Å²) >= 11 is 6.18. The average molecular weight is 341 g/mol. The maximum atomic E-state index is 12.7. The molecular formula is C17H25ClN2OS. The number of fused-ring (bicyclic) bond motifs is 1. The van der Waals surface area contributed by atoms with Crippen LogP contribution in [0.1, 0.15) is 50.8 Å². The zero-order valence-corrected chi connectivity index (χ0v) is 15.1. The van der Waals surface area contributed by atoms with Crippen LogP contribution in [0.25, 0.3) is 0 Å². The molecule has 22 heavy (non-hydrogen) atoms. The highest BCUT2D eigenvalue weighted by atomic mass is 35.5. The topological polar surface area (TPSA) is 41.1 Å². The Morgan fingerprint density at radius 3 is 2.64 bits per heavy atom. The first kappa shape index (κ1) is 16.4. The fourth-order valence-corrected chi connectivity index (χ4v) is 4.82. The van der Waals surface area contributed by atoms with E-state index < -0.39 is 11.0 Å². The second-order valence-corrected chi connectivity index (χ2v) is 10.00. The molecule has 0 amide bonds. The van der Waals surface area contributed by atoms with Gasteiger partial charge in [-0.05, 0) is 81.8 Å². The predicted octanol–water partition coefficient (Wildman–Crippen LogP) is 3.36. The third-order valence-electron chi connectivity index (χ3n) is 4.95. The largest absolute Gasteiger partial charge is 0.317 e. The third kappa shape index (κ3) is 2.99. The number of hydrogen-bond donors (Lipinski definition) is 2. The van der Waals surface area contributed by atoms with Crippen LogP contribution in [0.4, 0.5) is 0 Å². The van der Waals surface area contributed by atoms with Crippen molar-refractivity contribution in [2.75, 3.05) is 13.1 Å². The highest BCUT2D eigenvalue weighted by Gasteiger charge is 2.47. The molecule has 122 valence electrons. The van der Waals surface area contributed by atoms with Crippen LogP contribution in [0.3, 0.4) is 0 Å². The number of piperidine rings is 1. The zero-order valence-electron chi connectivity index (χ0n) is 13.5. The molecule has 1 heterocycles. The van der Waals surface area contributed by atoms with E-state index >= 15 is 0 Å². The summed E-state index contributed by atoms with van der Waals surface area (Å²) in [6.45, 7) is 8.11. The molecular weight excluding hydrogens is 316 g/mol. The van der Waals surface area contributed by atoms with Crippen LogP contribution in [0.15, 0.2) is 18.2 Å². The van der Waals surface area contributed by atoms with Gasteiger partial charge in [0.25, 0.3) is 0 Å². The molecule has 1 unspecified atom stereocenters. The van der Waals surface area contributed by atoms with Crippen molar-refractivity contribution in [2.45, 2.75) is 50.8 Å². The van der Waals surface area contributed by atoms with Gasteiger partial charge in [0.1, 0.15) is 0 Å². The number of benzene rings is 1. The van der Waals surface area contributed by atoms with Gasteiger partial charge >= 0.3 is 0 Å². The summed E-state index contributed by atoms with van der Waals surface area (Å²) in [6, 6.07) is 6.31. The molecule has 1 fully saturated rings. The van der Waals surface area contributed by atoms with Crippen molar-refractivity contribution in [3.8, 4) is 0 Å². The van der Waals surface area contributed by atoms with Gasteiger partial charge in [0.15, 0.2) is 0 Å². The van der Waals surface area contributed by atoms with Gasteiger partial charge < -0.3 is 5.32 Å². The Morgan fingerprint density at radius 1 is 1.32 bits per heavy atom. The van der Waals surface area contributed by atoms with Crippen molar-refractivity contribution in [1.29, 1.82) is 0 Å². The minimum Gasteiger partial charge on any atom is -0.317 e. The van der Waals surface area contributed by atoms with E-state index in [-0.39, 0.29) is 16.2 Å². The summed E-state index contributed by atoms with van der Waals surface area (Å²) < 4.78 is 15.9. The van der Waals surface area contributed by atoms with E-state index in [9.17, 15) is 4.21 Å². The number of hydrogen-bond acceptors (Lipinski definition) is 2. The molecule has 2 N–H and O–H groups in total. The lowest BCUT2D eigenvalue weighted by Gasteiger charge is -2.40. The second kappa shape index (κ2) is 5.90. The monoisotopic (exact) mass is 340 g/mol. The van der Waals surface area contributed by atoms with Gasteiger partial charge in [-0.2, -0.15) is 0 Å². The fourth-order valence-electron chi connectivity index (χ4n) is 3.68. The Hall–Kier alpha value is -0.420. The highest BCUT2D eigenvalue weighted by Crippen LogP contribution is 2.51. The Morgan fingerprint density at radius 2 is 2.00 bits per heavy atom. The van der Waals surface area contributed by atoms with Gasteiger partial charge in [0.05, 0.1) is 21.8 Å². The van der Waals surface area contributed by atoms with E-state index in [1.807, 2.05) is 26.8 Å². The second-order valence-electron chi connectivity index (χ2n) is 7.56. The van der Waals surface area contributed by atoms with Crippen LogP contribution in [0.5, 0.6) is 0 Å². The normalized spacial score (nSPS) is 25.2. The Labute approximate surface area is 140 Å². The fraction of sp³-hybridized carbons (Fsp3) is 0.647. The van der Waals surface area contributed by atoms with E-state index in [4.69, 9.17) is 11.6 Å². The molecule has 0 aromatic heterocycles. The van der Waals surface area contributed by atoms with E-state index in [0.717, 1.165) is 37.4 Å². The van der Waals surface area contributed by atoms with Crippen molar-refractivity contribution in [3.63, 3.8) is 0 Å². The van der Waals surface area contributed by atoms with Gasteiger partial charge in [0.2, 0.25) is 0 Å². The molecule has 1 aliphatic heterocycles. The quantitative estimate of drug-likeness (QED) is 0.866. The molecule has 1 aromatic rings. The summed E-state index contributed by atoms with van der Waals surface area (Å²) in [6.07, 6.45) is 3.25. The van der Waals surface area contributed by atoms with Crippen LogP contribution in [0, 0.1) is 5.41 Å². The average Bonchev–Trinajstić information content (AvgIpc) is 2.71. The molecule has 0 radical (unpaired) electrons. The Kier molecular flexibility index (Phi) is 4.41. The van der Waals surface area contributed by atoms with Gasteiger partial charge in [0, 0.05) is 5.02 Å². The first-order valence-electron chi connectivity index (χ1n) is 7.99. The van der Waals surface area contributed by atoms with Crippen LogP contribution in [0.2, 0.25) is 5.02 Å². The van der Waals surface area contributed by atoms with Gasteiger partial charge in [-0.1, -0.05) is 17.7 Å². The standard InChI is InChI=1S/C17H25ClN2OS/c1-16(2,3)22(21)20-15-14-5-4-13(18)10-12(14)11-17(15)6-8-19-9-7-17/h4-5,10,15,19-20H,6-9,11H2,1-3H3/t15-,22?/m1/s1. The predicted molar refractivity (Wildman–Crippen MR) is 93.5 cm³/mol. The van der Waals surface area contributed by atoms with E-state index in [1.165, 1.54) is 11.1 Å². The van der Waals surface area contributed by atoms with Crippen molar-refractivity contribution in [2.24, 2.45) is 5.41 Å². The molecule has 2 atom stereocenters. The lowest BCUT2D eigenvalue weighted by atomic mass is 9.73. The maximum absolute atomic E-state index is 12.7. The highest BCUT2D eigenvalue weighted by molar-refractivity contribution is 7.84. The van der Waals surface area contributed by atoms with Gasteiger partial charge in [-0.3, -0.25) is 0 Å². The molecule has 2 aliphatic rings. The third-order valence-corrected chi connectivity index (χ3v) is 6.75. The Balaban J connectivity index is 1.96. The summed E-state index contributed by atoms with van der Waals surface area (Å²) in [4.78, 5) is 0. The smallest absolute Gasteiger partial charge is 0.0976 e. The molecule has 1 spiro atoms. The summed E-state index contributed by atoms with van der Waals surface area (Å²) in [7, 11) is -1.07. The van der Waals surface area contributed by atoms with E-state index in [1.54, 1.807) is 0 Å². The maximum Gasteiger partial charge on any atom is 0.0976 e. The number of nitrogens with one attached hydrogen (secondary N) is 2. The molecule has 0 saturated carbocycles. The van der Waals surface area contributed by atoms with Crippen molar-refractivity contribution >= 4 is 22.6 Å². The summed E-state index contributed by atoms with van der Waals surface area (Å²) in [5.41, 5.74) is 2.76. The number of halogens is 1. The van der Waals surface area contributed by atoms with Crippen LogP contribution in [-0.2, 0) is 17.4 Å². The molecule has 1 saturated heterocycles. The lowest BCUT2D eigenvalue weighted by Crippen LogP contribution is -2.46. The van der Waals surface area contributed by atoms with Crippen molar-refractivity contribution in [1.82, 2.24) is 10.0 Å². The molecule has 3 rings (SSSR count). The first-order chi connectivity index (χ1) is 10.3. The van der Waals surface area contributed by atoms with Crippen LogP contribution >= 0.6 is 11.6 Å². The van der Waals surface area contributed by atoms with Crippen molar-refractivity contribution in [3.05, 3.63) is 34.3 Å². The molecule has 0 bridgehead atoms. The molecule has 3 nitrogen and oxygen atoms in total. The van der Waals surface area contributed by atoms with Gasteiger partial charge in [-0.25, -0.2) is 8.93 Å². The summed E-state index contributed by atoms with van der Waals surface area (Å²) in [5, 5.41) is 4.24. The lowest BCUT2D eigenvalue weighted by molar-refractivity contribution is 0.165. The van der Waals surface area contributed by atoms with Crippen LogP contribution < -0.4 is 10.0 Å². The first-order valence-corrected chi connectivity index (χ1v) is 9.52.